The number of carboxylic acids is 1. The Labute approximate surface area is 128 Å². The van der Waals surface area contributed by atoms with Gasteiger partial charge < -0.3 is 21.5 Å². The highest BCUT2D eigenvalue weighted by atomic mass is 19.1. The van der Waals surface area contributed by atoms with Gasteiger partial charge in [-0.1, -0.05) is 12.1 Å². The molecule has 5 N–H and O–H groups in total. The molecule has 0 aliphatic rings. The number of nitrogens with zero attached hydrogens (tertiary/aromatic N) is 1. The maximum atomic E-state index is 12.8. The second-order valence-electron chi connectivity index (χ2n) is 5.17. The minimum atomic E-state index is -1.08. The number of hydrogen-bond acceptors (Lipinski definition) is 4. The average Bonchev–Trinajstić information content (AvgIpc) is 2.48. The van der Waals surface area contributed by atoms with Crippen molar-refractivity contribution in [2.75, 3.05) is 13.6 Å². The number of benzene rings is 1. The van der Waals surface area contributed by atoms with E-state index in [1.165, 1.54) is 19.2 Å². The summed E-state index contributed by atoms with van der Waals surface area (Å²) in [5, 5.41) is 9.20. The van der Waals surface area contributed by atoms with Crippen LogP contribution >= 0.6 is 0 Å². The molecule has 0 fully saturated rings. The largest absolute Gasteiger partial charge is 0.480 e. The second kappa shape index (κ2) is 8.45. The summed E-state index contributed by atoms with van der Waals surface area (Å²) < 4.78 is 12.8. The zero-order valence-electron chi connectivity index (χ0n) is 12.5. The van der Waals surface area contributed by atoms with Crippen molar-refractivity contribution in [3.63, 3.8) is 0 Å². The first-order valence-electron chi connectivity index (χ1n) is 7.06. The van der Waals surface area contributed by atoms with Crippen LogP contribution < -0.4 is 11.5 Å². The lowest BCUT2D eigenvalue weighted by atomic mass is 10.0. The first-order chi connectivity index (χ1) is 10.4. The fourth-order valence-electron chi connectivity index (χ4n) is 2.17. The van der Waals surface area contributed by atoms with Crippen LogP contribution in [0.5, 0.6) is 0 Å². The van der Waals surface area contributed by atoms with Gasteiger partial charge in [-0.2, -0.15) is 0 Å². The predicted octanol–water partition coefficient (Wildman–Crippen LogP) is 0.346. The van der Waals surface area contributed by atoms with Crippen molar-refractivity contribution in [3.05, 3.63) is 35.6 Å². The zero-order valence-corrected chi connectivity index (χ0v) is 12.5. The van der Waals surface area contributed by atoms with Gasteiger partial charge in [-0.05, 0) is 43.5 Å². The van der Waals surface area contributed by atoms with Gasteiger partial charge in [-0.25, -0.2) is 9.18 Å². The van der Waals surface area contributed by atoms with Crippen molar-refractivity contribution < 1.29 is 19.1 Å². The van der Waals surface area contributed by atoms with Crippen LogP contribution in [0.3, 0.4) is 0 Å². The van der Waals surface area contributed by atoms with Crippen molar-refractivity contribution in [2.45, 2.75) is 31.3 Å². The highest BCUT2D eigenvalue weighted by Crippen LogP contribution is 2.10. The molecular formula is C15H22FN3O3. The minimum absolute atomic E-state index is 0.215. The molecule has 0 spiro atoms. The molecule has 1 amide bonds. The molecule has 0 unspecified atom stereocenters. The van der Waals surface area contributed by atoms with E-state index in [0.29, 0.717) is 18.5 Å². The summed E-state index contributed by atoms with van der Waals surface area (Å²) in [5.74, 6) is -1.92. The number of hydrogen-bond donors (Lipinski definition) is 3. The molecule has 0 aliphatic carbocycles. The zero-order chi connectivity index (χ0) is 16.7. The van der Waals surface area contributed by atoms with Crippen LogP contribution in [0, 0.1) is 5.82 Å². The third-order valence-corrected chi connectivity index (χ3v) is 3.47. The topological polar surface area (TPSA) is 110 Å². The molecule has 1 aromatic carbocycles. The molecule has 6 nitrogen and oxygen atoms in total. The van der Waals surface area contributed by atoms with Crippen molar-refractivity contribution in [3.8, 4) is 0 Å². The Morgan fingerprint density at radius 1 is 1.32 bits per heavy atom. The molecule has 0 bridgehead atoms. The molecule has 7 heteroatoms. The number of rotatable bonds is 8. The molecule has 0 radical (unpaired) electrons. The number of carboxylic acid groups (broad SMARTS) is 1. The number of amides is 1. The Morgan fingerprint density at radius 2 is 1.91 bits per heavy atom. The van der Waals surface area contributed by atoms with E-state index in [2.05, 4.69) is 0 Å². The molecule has 1 rings (SSSR count). The first-order valence-corrected chi connectivity index (χ1v) is 7.06. The summed E-state index contributed by atoms with van der Waals surface area (Å²) in [7, 11) is 1.42. The van der Waals surface area contributed by atoms with Crippen LogP contribution in [0.1, 0.15) is 18.4 Å². The van der Waals surface area contributed by atoms with Gasteiger partial charge in [0.2, 0.25) is 5.91 Å². The van der Waals surface area contributed by atoms with E-state index in [-0.39, 0.29) is 18.7 Å². The maximum Gasteiger partial charge on any atom is 0.326 e. The van der Waals surface area contributed by atoms with Crippen LogP contribution in [0.4, 0.5) is 4.39 Å². The Hall–Kier alpha value is -1.99. The van der Waals surface area contributed by atoms with Crippen molar-refractivity contribution in [2.24, 2.45) is 11.5 Å². The molecule has 0 saturated heterocycles. The highest BCUT2D eigenvalue weighted by Gasteiger charge is 2.29. The van der Waals surface area contributed by atoms with Crippen molar-refractivity contribution in [1.29, 1.82) is 0 Å². The van der Waals surface area contributed by atoms with Crippen LogP contribution in [0.15, 0.2) is 24.3 Å². The number of carbonyl (C=O) groups excluding carboxylic acids is 1. The molecule has 22 heavy (non-hydrogen) atoms. The number of likely N-dealkylation sites (N-methyl/N-ethyl adjacent to an activating group) is 1. The van der Waals surface area contributed by atoms with E-state index in [1.807, 2.05) is 0 Å². The quantitative estimate of drug-likeness (QED) is 0.641. The molecule has 0 heterocycles. The normalized spacial score (nSPS) is 13.5. The maximum absolute atomic E-state index is 12.8. The van der Waals surface area contributed by atoms with Gasteiger partial charge in [0, 0.05) is 7.05 Å². The third kappa shape index (κ3) is 5.09. The smallest absolute Gasteiger partial charge is 0.326 e. The van der Waals surface area contributed by atoms with Gasteiger partial charge in [0.1, 0.15) is 11.9 Å². The van der Waals surface area contributed by atoms with Crippen LogP contribution in [-0.4, -0.2) is 47.6 Å². The van der Waals surface area contributed by atoms with Crippen molar-refractivity contribution in [1.82, 2.24) is 4.90 Å². The van der Waals surface area contributed by atoms with Gasteiger partial charge in [0.15, 0.2) is 0 Å². The van der Waals surface area contributed by atoms with Gasteiger partial charge in [-0.15, -0.1) is 0 Å². The van der Waals surface area contributed by atoms with E-state index < -0.39 is 24.0 Å². The summed E-state index contributed by atoms with van der Waals surface area (Å²) in [4.78, 5) is 24.7. The molecule has 2 atom stereocenters. The standard InChI is InChI=1S/C15H22FN3O3/c1-19(13(15(21)22)3-2-8-17)14(20)12(18)9-10-4-6-11(16)7-5-10/h4-7,12-13H,2-3,8-9,17-18H2,1H3,(H,21,22)/t12-,13-/m0/s1. The highest BCUT2D eigenvalue weighted by molar-refractivity contribution is 5.86. The number of halogens is 1. The molecule has 122 valence electrons. The molecular weight excluding hydrogens is 289 g/mol. The van der Waals surface area contributed by atoms with E-state index in [1.54, 1.807) is 12.1 Å². The van der Waals surface area contributed by atoms with Crippen molar-refractivity contribution >= 4 is 11.9 Å². The number of nitrogens with two attached hydrogens (primary N) is 2. The first kappa shape index (κ1) is 18.1. The van der Waals surface area contributed by atoms with E-state index >= 15 is 0 Å². The fraction of sp³-hybridized carbons (Fsp3) is 0.467. The number of aliphatic carboxylic acids is 1. The Bertz CT molecular complexity index is 507. The molecule has 0 aliphatic heterocycles. The van der Waals surface area contributed by atoms with Crippen LogP contribution in [0.25, 0.3) is 0 Å². The molecule has 0 aromatic heterocycles. The van der Waals surface area contributed by atoms with E-state index in [4.69, 9.17) is 11.5 Å². The van der Waals surface area contributed by atoms with Gasteiger partial charge in [-0.3, -0.25) is 4.79 Å². The van der Waals surface area contributed by atoms with Crippen LogP contribution in [-0.2, 0) is 16.0 Å². The fourth-order valence-corrected chi connectivity index (χ4v) is 2.17. The van der Waals surface area contributed by atoms with Gasteiger partial charge in [0.25, 0.3) is 0 Å². The Morgan fingerprint density at radius 3 is 2.41 bits per heavy atom. The van der Waals surface area contributed by atoms with Crippen LogP contribution in [0.2, 0.25) is 0 Å². The van der Waals surface area contributed by atoms with Gasteiger partial charge in [0.05, 0.1) is 6.04 Å². The third-order valence-electron chi connectivity index (χ3n) is 3.47. The lowest BCUT2D eigenvalue weighted by molar-refractivity contribution is -0.149. The lowest BCUT2D eigenvalue weighted by Gasteiger charge is -2.27. The predicted molar refractivity (Wildman–Crippen MR) is 80.6 cm³/mol. The molecule has 1 aromatic rings. The average molecular weight is 311 g/mol. The van der Waals surface area contributed by atoms with E-state index in [0.717, 1.165) is 4.90 Å². The second-order valence-corrected chi connectivity index (χ2v) is 5.17. The van der Waals surface area contributed by atoms with E-state index in [9.17, 15) is 19.1 Å². The lowest BCUT2D eigenvalue weighted by Crippen LogP contribution is -2.50. The summed E-state index contributed by atoms with van der Waals surface area (Å²) in [5.41, 5.74) is 11.9. The Kier molecular flexibility index (Phi) is 6.94. The summed E-state index contributed by atoms with van der Waals surface area (Å²) in [6, 6.07) is 3.84. The van der Waals surface area contributed by atoms with Gasteiger partial charge >= 0.3 is 5.97 Å². The monoisotopic (exact) mass is 311 g/mol. The molecule has 0 saturated carbocycles. The number of carbonyl (C=O) groups is 2. The summed E-state index contributed by atoms with van der Waals surface area (Å²) in [6.45, 7) is 0.355. The SMILES string of the molecule is CN(C(=O)[C@@H](N)Cc1ccc(F)cc1)[C@@H](CCCN)C(=O)O. The minimum Gasteiger partial charge on any atom is -0.480 e. The summed E-state index contributed by atoms with van der Waals surface area (Å²) >= 11 is 0. The summed E-state index contributed by atoms with van der Waals surface area (Å²) in [6.07, 6.45) is 0.992. The Balaban J connectivity index is 2.70.